The summed E-state index contributed by atoms with van der Waals surface area (Å²) >= 11 is 3.38. The fraction of sp³-hybridized carbons (Fsp3) is 0.278. The molecule has 2 amide bonds. The highest BCUT2D eigenvalue weighted by molar-refractivity contribution is 9.10. The second-order valence-electron chi connectivity index (χ2n) is 5.65. The number of rotatable bonds is 6. The van der Waals surface area contributed by atoms with Gasteiger partial charge in [0.15, 0.2) is 6.10 Å². The minimum absolute atomic E-state index is 0.0604. The highest BCUT2D eigenvalue weighted by Gasteiger charge is 2.21. The fourth-order valence-electron chi connectivity index (χ4n) is 2.23. The standard InChI is InChI=1S/C18H20BrN3O3/c1-12-9-14(19)6-7-16(12)21-17(23)11-22(3)18(24)13(2)25-15-5-4-8-20-10-15/h4-10,13H,11H2,1-3H3,(H,21,23)/t13-/m0/s1. The molecule has 0 fully saturated rings. The number of ether oxygens (including phenoxy) is 1. The zero-order valence-corrected chi connectivity index (χ0v) is 15.9. The third-order valence-corrected chi connectivity index (χ3v) is 4.01. The molecule has 6 nitrogen and oxygen atoms in total. The first-order valence-corrected chi connectivity index (χ1v) is 8.54. The van der Waals surface area contributed by atoms with Gasteiger partial charge in [-0.1, -0.05) is 15.9 Å². The van der Waals surface area contributed by atoms with Gasteiger partial charge in [0.1, 0.15) is 5.75 Å². The zero-order chi connectivity index (χ0) is 18.4. The molecule has 0 spiro atoms. The molecule has 1 N–H and O–H groups in total. The Hall–Kier alpha value is -2.41. The molecule has 1 heterocycles. The molecule has 2 aromatic rings. The van der Waals surface area contributed by atoms with E-state index in [1.807, 2.05) is 25.1 Å². The lowest BCUT2D eigenvalue weighted by Crippen LogP contribution is -2.42. The Labute approximate surface area is 155 Å². The number of hydrogen-bond donors (Lipinski definition) is 1. The summed E-state index contributed by atoms with van der Waals surface area (Å²) in [5, 5.41) is 2.81. The van der Waals surface area contributed by atoms with E-state index < -0.39 is 6.10 Å². The largest absolute Gasteiger partial charge is 0.479 e. The van der Waals surface area contributed by atoms with Gasteiger partial charge in [-0.25, -0.2) is 0 Å². The van der Waals surface area contributed by atoms with Crippen LogP contribution < -0.4 is 10.1 Å². The second kappa shape index (κ2) is 8.62. The summed E-state index contributed by atoms with van der Waals surface area (Å²) < 4.78 is 6.48. The number of pyridine rings is 1. The lowest BCUT2D eigenvalue weighted by Gasteiger charge is -2.21. The smallest absolute Gasteiger partial charge is 0.263 e. The minimum atomic E-state index is -0.712. The number of aromatic nitrogens is 1. The summed E-state index contributed by atoms with van der Waals surface area (Å²) in [6, 6.07) is 9.02. The van der Waals surface area contributed by atoms with E-state index in [4.69, 9.17) is 4.74 Å². The molecule has 0 radical (unpaired) electrons. The summed E-state index contributed by atoms with van der Waals surface area (Å²) in [6.07, 6.45) is 2.45. The van der Waals surface area contributed by atoms with Crippen molar-refractivity contribution in [3.05, 3.63) is 52.8 Å². The van der Waals surface area contributed by atoms with Crippen LogP contribution in [0, 0.1) is 6.92 Å². The van der Waals surface area contributed by atoms with E-state index in [9.17, 15) is 9.59 Å². The molecule has 0 aliphatic rings. The predicted octanol–water partition coefficient (Wildman–Crippen LogP) is 3.02. The Morgan fingerprint density at radius 2 is 2.12 bits per heavy atom. The van der Waals surface area contributed by atoms with E-state index in [-0.39, 0.29) is 18.4 Å². The number of halogens is 1. The normalized spacial score (nSPS) is 11.5. The number of nitrogens with zero attached hydrogens (tertiary/aromatic N) is 2. The summed E-state index contributed by atoms with van der Waals surface area (Å²) in [5.41, 5.74) is 1.65. The number of benzene rings is 1. The summed E-state index contributed by atoms with van der Waals surface area (Å²) in [5.74, 6) is -0.0481. The van der Waals surface area contributed by atoms with Crippen molar-refractivity contribution >= 4 is 33.4 Å². The second-order valence-corrected chi connectivity index (χ2v) is 6.57. The predicted molar refractivity (Wildman–Crippen MR) is 99.5 cm³/mol. The van der Waals surface area contributed by atoms with Crippen LogP contribution in [0.1, 0.15) is 12.5 Å². The first-order valence-electron chi connectivity index (χ1n) is 7.74. The Balaban J connectivity index is 1.90. The van der Waals surface area contributed by atoms with Crippen LogP contribution >= 0.6 is 15.9 Å². The fourth-order valence-corrected chi connectivity index (χ4v) is 2.71. The lowest BCUT2D eigenvalue weighted by atomic mass is 10.2. The van der Waals surface area contributed by atoms with E-state index in [2.05, 4.69) is 26.2 Å². The topological polar surface area (TPSA) is 71.5 Å². The van der Waals surface area contributed by atoms with Crippen LogP contribution in [0.15, 0.2) is 47.2 Å². The first-order chi connectivity index (χ1) is 11.9. The molecular formula is C18H20BrN3O3. The van der Waals surface area contributed by atoms with Crippen LogP contribution in [0.3, 0.4) is 0 Å². The van der Waals surface area contributed by atoms with E-state index in [1.165, 1.54) is 11.1 Å². The number of likely N-dealkylation sites (N-methyl/N-ethyl adjacent to an activating group) is 1. The van der Waals surface area contributed by atoms with Crippen molar-refractivity contribution in [2.24, 2.45) is 0 Å². The number of hydrogen-bond acceptors (Lipinski definition) is 4. The molecular weight excluding hydrogens is 386 g/mol. The third-order valence-electron chi connectivity index (χ3n) is 3.51. The molecule has 0 aliphatic carbocycles. The van der Waals surface area contributed by atoms with Gasteiger partial charge < -0.3 is 15.0 Å². The highest BCUT2D eigenvalue weighted by Crippen LogP contribution is 2.20. The van der Waals surface area contributed by atoms with Crippen molar-refractivity contribution in [3.63, 3.8) is 0 Å². The number of carbonyl (C=O) groups excluding carboxylic acids is 2. The van der Waals surface area contributed by atoms with Crippen LogP contribution in [0.4, 0.5) is 5.69 Å². The van der Waals surface area contributed by atoms with Gasteiger partial charge in [-0.05, 0) is 49.7 Å². The van der Waals surface area contributed by atoms with Crippen LogP contribution in [0.25, 0.3) is 0 Å². The molecule has 0 aliphatic heterocycles. The molecule has 7 heteroatoms. The molecule has 1 aromatic heterocycles. The molecule has 25 heavy (non-hydrogen) atoms. The molecule has 0 bridgehead atoms. The Morgan fingerprint density at radius 3 is 2.76 bits per heavy atom. The van der Waals surface area contributed by atoms with Crippen molar-refractivity contribution in [2.75, 3.05) is 18.9 Å². The number of nitrogens with one attached hydrogen (secondary N) is 1. The summed E-state index contributed by atoms with van der Waals surface area (Å²) in [4.78, 5) is 29.8. The van der Waals surface area contributed by atoms with Gasteiger partial charge in [0, 0.05) is 23.4 Å². The van der Waals surface area contributed by atoms with E-state index in [0.29, 0.717) is 11.4 Å². The van der Waals surface area contributed by atoms with Crippen LogP contribution in [0.2, 0.25) is 0 Å². The molecule has 0 saturated heterocycles. The van der Waals surface area contributed by atoms with Crippen LogP contribution in [0.5, 0.6) is 5.75 Å². The number of carbonyl (C=O) groups is 2. The van der Waals surface area contributed by atoms with Gasteiger partial charge in [0.25, 0.3) is 5.91 Å². The van der Waals surface area contributed by atoms with Gasteiger partial charge in [-0.3, -0.25) is 14.6 Å². The highest BCUT2D eigenvalue weighted by atomic mass is 79.9. The molecule has 0 unspecified atom stereocenters. The molecule has 1 aromatic carbocycles. The number of aryl methyl sites for hydroxylation is 1. The van der Waals surface area contributed by atoms with Gasteiger partial charge in [-0.2, -0.15) is 0 Å². The van der Waals surface area contributed by atoms with Crippen molar-refractivity contribution < 1.29 is 14.3 Å². The van der Waals surface area contributed by atoms with Gasteiger partial charge in [0.2, 0.25) is 5.91 Å². The average Bonchev–Trinajstić information content (AvgIpc) is 2.57. The number of amides is 2. The Morgan fingerprint density at radius 1 is 1.36 bits per heavy atom. The summed E-state index contributed by atoms with van der Waals surface area (Å²) in [7, 11) is 1.57. The molecule has 132 valence electrons. The van der Waals surface area contributed by atoms with Crippen molar-refractivity contribution in [3.8, 4) is 5.75 Å². The van der Waals surface area contributed by atoms with Crippen LogP contribution in [-0.2, 0) is 9.59 Å². The van der Waals surface area contributed by atoms with Crippen molar-refractivity contribution in [2.45, 2.75) is 20.0 Å². The van der Waals surface area contributed by atoms with Gasteiger partial charge in [-0.15, -0.1) is 0 Å². The van der Waals surface area contributed by atoms with Crippen LogP contribution in [-0.4, -0.2) is 41.4 Å². The monoisotopic (exact) mass is 405 g/mol. The maximum Gasteiger partial charge on any atom is 0.263 e. The maximum atomic E-state index is 12.3. The maximum absolute atomic E-state index is 12.3. The molecule has 1 atom stereocenters. The average molecular weight is 406 g/mol. The van der Waals surface area contributed by atoms with Crippen molar-refractivity contribution in [1.29, 1.82) is 0 Å². The van der Waals surface area contributed by atoms with E-state index in [1.54, 1.807) is 32.3 Å². The van der Waals surface area contributed by atoms with Gasteiger partial charge >= 0.3 is 0 Å². The minimum Gasteiger partial charge on any atom is -0.479 e. The van der Waals surface area contributed by atoms with E-state index in [0.717, 1.165) is 10.0 Å². The van der Waals surface area contributed by atoms with Crippen molar-refractivity contribution in [1.82, 2.24) is 9.88 Å². The van der Waals surface area contributed by atoms with E-state index >= 15 is 0 Å². The Bertz CT molecular complexity index is 752. The number of anilines is 1. The molecule has 0 saturated carbocycles. The third kappa shape index (κ3) is 5.56. The first kappa shape index (κ1) is 18.9. The van der Waals surface area contributed by atoms with Gasteiger partial charge in [0.05, 0.1) is 12.7 Å². The quantitative estimate of drug-likeness (QED) is 0.801. The SMILES string of the molecule is Cc1cc(Br)ccc1NC(=O)CN(C)C(=O)[C@H](C)Oc1cccnc1. The lowest BCUT2D eigenvalue weighted by molar-refractivity contribution is -0.139. The zero-order valence-electron chi connectivity index (χ0n) is 14.3. The summed E-state index contributed by atoms with van der Waals surface area (Å²) in [6.45, 7) is 3.48. The Kier molecular flexibility index (Phi) is 6.52. The molecule has 2 rings (SSSR count).